The highest BCUT2D eigenvalue weighted by atomic mass is 16.5. The Kier molecular flexibility index (Phi) is 7.39. The lowest BCUT2D eigenvalue weighted by Gasteiger charge is -2.30. The van der Waals surface area contributed by atoms with Crippen molar-refractivity contribution in [2.45, 2.75) is 13.0 Å². The molecule has 1 saturated heterocycles. The third kappa shape index (κ3) is 5.56. The van der Waals surface area contributed by atoms with Gasteiger partial charge in [0.25, 0.3) is 5.91 Å². The highest BCUT2D eigenvalue weighted by molar-refractivity contribution is 5.98. The van der Waals surface area contributed by atoms with Crippen molar-refractivity contribution in [1.82, 2.24) is 9.97 Å². The van der Waals surface area contributed by atoms with Gasteiger partial charge in [-0.05, 0) is 30.7 Å². The van der Waals surface area contributed by atoms with Crippen LogP contribution in [0.1, 0.15) is 15.9 Å². The van der Waals surface area contributed by atoms with E-state index in [1.54, 1.807) is 7.11 Å². The maximum atomic E-state index is 11.8. The monoisotopic (exact) mass is 415 g/mol. The molecule has 1 aromatic heterocycles. The number of anilines is 4. The molecule has 6 N–H and O–H groups in total. The number of nitrogens with one attached hydrogen (secondary N) is 2. The smallest absolute Gasteiger partial charge is 0.254 e. The van der Waals surface area contributed by atoms with Crippen LogP contribution < -0.4 is 27.0 Å². The Labute approximate surface area is 175 Å². The summed E-state index contributed by atoms with van der Waals surface area (Å²) in [5.41, 5.74) is 14.7. The van der Waals surface area contributed by atoms with Crippen LogP contribution in [0, 0.1) is 6.92 Å². The number of hydrogen-bond donors (Lipinski definition) is 4. The van der Waals surface area contributed by atoms with Gasteiger partial charge in [0.2, 0.25) is 5.95 Å². The topological polar surface area (TPSA) is 141 Å². The molecule has 10 nitrogen and oxygen atoms in total. The maximum absolute atomic E-state index is 11.8. The molecule has 1 fully saturated rings. The van der Waals surface area contributed by atoms with E-state index in [0.29, 0.717) is 24.9 Å². The van der Waals surface area contributed by atoms with Gasteiger partial charge in [-0.2, -0.15) is 4.98 Å². The molecule has 0 radical (unpaired) electrons. The molecule has 1 aliphatic rings. The molecule has 2 heterocycles. The average molecular weight is 415 g/mol. The second kappa shape index (κ2) is 10.2. The lowest BCUT2D eigenvalue weighted by atomic mass is 10.1. The fraction of sp³-hybridized carbons (Fsp3) is 0.450. The van der Waals surface area contributed by atoms with Crippen LogP contribution >= 0.6 is 0 Å². The summed E-state index contributed by atoms with van der Waals surface area (Å²) < 4.78 is 10.4. The number of carbonyl (C=O) groups is 1. The van der Waals surface area contributed by atoms with E-state index in [-0.39, 0.29) is 11.6 Å². The van der Waals surface area contributed by atoms with Crippen molar-refractivity contribution in [1.29, 1.82) is 0 Å². The van der Waals surface area contributed by atoms with Gasteiger partial charge in [-0.25, -0.2) is 4.98 Å². The number of rotatable bonds is 9. The SMILES string of the molecule is COC[C@H](N)CNc1ncc(C(N)=O)c(Nc2ccc(N3CCOCC3)c(C)c2)n1. The van der Waals surface area contributed by atoms with E-state index in [1.165, 1.54) is 6.20 Å². The van der Waals surface area contributed by atoms with Gasteiger partial charge in [0.05, 0.1) is 19.8 Å². The number of hydrogen-bond acceptors (Lipinski definition) is 9. The Hall–Kier alpha value is -2.95. The zero-order chi connectivity index (χ0) is 21.5. The summed E-state index contributed by atoms with van der Waals surface area (Å²) >= 11 is 0. The summed E-state index contributed by atoms with van der Waals surface area (Å²) in [6.07, 6.45) is 1.40. The standard InChI is InChI=1S/C20H29N7O3/c1-13-9-15(3-4-17(13)27-5-7-30-8-6-27)25-19-16(18(22)28)11-24-20(26-19)23-10-14(21)12-29-2/h3-4,9,11,14H,5-8,10,12,21H2,1-2H3,(H2,22,28)(H2,23,24,25,26)/t14-/m1/s1. The number of ether oxygens (including phenoxy) is 2. The van der Waals surface area contributed by atoms with Crippen molar-refractivity contribution in [2.24, 2.45) is 11.5 Å². The first-order chi connectivity index (χ1) is 14.5. The Morgan fingerprint density at radius 3 is 2.80 bits per heavy atom. The lowest BCUT2D eigenvalue weighted by Crippen LogP contribution is -2.36. The summed E-state index contributed by atoms with van der Waals surface area (Å²) in [6, 6.07) is 5.81. The largest absolute Gasteiger partial charge is 0.383 e. The number of primary amides is 1. The van der Waals surface area contributed by atoms with Crippen molar-refractivity contribution < 1.29 is 14.3 Å². The van der Waals surface area contributed by atoms with E-state index in [9.17, 15) is 4.79 Å². The molecule has 162 valence electrons. The average Bonchev–Trinajstić information content (AvgIpc) is 2.73. The summed E-state index contributed by atoms with van der Waals surface area (Å²) in [6.45, 7) is 6.08. The molecule has 1 atom stereocenters. The Bertz CT molecular complexity index is 871. The van der Waals surface area contributed by atoms with Gasteiger partial charge in [0.1, 0.15) is 11.4 Å². The van der Waals surface area contributed by atoms with Gasteiger partial charge in [0, 0.05) is 50.4 Å². The maximum Gasteiger partial charge on any atom is 0.254 e. The van der Waals surface area contributed by atoms with Gasteiger partial charge >= 0.3 is 0 Å². The Morgan fingerprint density at radius 1 is 1.37 bits per heavy atom. The number of carbonyl (C=O) groups excluding carboxylic acids is 1. The molecule has 0 saturated carbocycles. The predicted molar refractivity (Wildman–Crippen MR) is 116 cm³/mol. The molecule has 1 aromatic carbocycles. The molecule has 0 unspecified atom stereocenters. The van der Waals surface area contributed by atoms with E-state index in [2.05, 4.69) is 38.5 Å². The van der Waals surface area contributed by atoms with Crippen LogP contribution in [-0.2, 0) is 9.47 Å². The normalized spacial score (nSPS) is 15.0. The second-order valence-electron chi connectivity index (χ2n) is 7.14. The van der Waals surface area contributed by atoms with Crippen molar-refractivity contribution in [3.63, 3.8) is 0 Å². The Morgan fingerprint density at radius 2 is 2.13 bits per heavy atom. The predicted octanol–water partition coefficient (Wildman–Crippen LogP) is 0.850. The number of aryl methyl sites for hydroxylation is 1. The number of amides is 1. The minimum atomic E-state index is -0.609. The van der Waals surface area contributed by atoms with E-state index < -0.39 is 5.91 Å². The molecule has 1 aliphatic heterocycles. The molecular weight excluding hydrogens is 386 g/mol. The van der Waals surface area contributed by atoms with Crippen LogP contribution in [0.25, 0.3) is 0 Å². The quantitative estimate of drug-likeness (QED) is 0.469. The summed E-state index contributed by atoms with van der Waals surface area (Å²) in [5.74, 6) is 0.0661. The zero-order valence-electron chi connectivity index (χ0n) is 17.4. The first kappa shape index (κ1) is 21.8. The summed E-state index contributed by atoms with van der Waals surface area (Å²) in [4.78, 5) is 22.7. The first-order valence-corrected chi connectivity index (χ1v) is 9.83. The lowest BCUT2D eigenvalue weighted by molar-refractivity contribution is 0.100. The van der Waals surface area contributed by atoms with Crippen molar-refractivity contribution in [3.8, 4) is 0 Å². The van der Waals surface area contributed by atoms with Crippen LogP contribution in [-0.4, -0.2) is 68.5 Å². The number of nitrogens with zero attached hydrogens (tertiary/aromatic N) is 3. The van der Waals surface area contributed by atoms with Gasteiger partial charge in [0.15, 0.2) is 0 Å². The summed E-state index contributed by atoms with van der Waals surface area (Å²) in [7, 11) is 1.59. The van der Waals surface area contributed by atoms with Crippen LogP contribution in [0.3, 0.4) is 0 Å². The second-order valence-corrected chi connectivity index (χ2v) is 7.14. The van der Waals surface area contributed by atoms with Crippen molar-refractivity contribution in [3.05, 3.63) is 35.5 Å². The molecular formula is C20H29N7O3. The van der Waals surface area contributed by atoms with Crippen LogP contribution in [0.5, 0.6) is 0 Å². The molecule has 30 heavy (non-hydrogen) atoms. The fourth-order valence-corrected chi connectivity index (χ4v) is 3.27. The number of methoxy groups -OCH3 is 1. The number of nitrogens with two attached hydrogens (primary N) is 2. The highest BCUT2D eigenvalue weighted by Gasteiger charge is 2.16. The highest BCUT2D eigenvalue weighted by Crippen LogP contribution is 2.27. The summed E-state index contributed by atoms with van der Waals surface area (Å²) in [5, 5.41) is 6.23. The van der Waals surface area contributed by atoms with E-state index in [1.807, 2.05) is 12.1 Å². The van der Waals surface area contributed by atoms with Crippen molar-refractivity contribution in [2.75, 3.05) is 62.1 Å². The van der Waals surface area contributed by atoms with Gasteiger partial charge in [-0.15, -0.1) is 0 Å². The third-order valence-corrected chi connectivity index (χ3v) is 4.77. The molecule has 2 aromatic rings. The zero-order valence-corrected chi connectivity index (χ0v) is 17.4. The molecule has 1 amide bonds. The molecule has 10 heteroatoms. The van der Waals surface area contributed by atoms with Crippen LogP contribution in [0.4, 0.5) is 23.1 Å². The minimum Gasteiger partial charge on any atom is -0.383 e. The minimum absolute atomic E-state index is 0.205. The van der Waals surface area contributed by atoms with Crippen molar-refractivity contribution >= 4 is 29.0 Å². The van der Waals surface area contributed by atoms with Gasteiger partial charge in [-0.3, -0.25) is 4.79 Å². The molecule has 0 aliphatic carbocycles. The first-order valence-electron chi connectivity index (χ1n) is 9.83. The van der Waals surface area contributed by atoms with Crippen LogP contribution in [0.2, 0.25) is 0 Å². The third-order valence-electron chi connectivity index (χ3n) is 4.77. The van der Waals surface area contributed by atoms with E-state index >= 15 is 0 Å². The number of aromatic nitrogens is 2. The van der Waals surface area contributed by atoms with Gasteiger partial charge in [-0.1, -0.05) is 0 Å². The number of morpholine rings is 1. The molecule has 0 bridgehead atoms. The van der Waals surface area contributed by atoms with Crippen LogP contribution in [0.15, 0.2) is 24.4 Å². The van der Waals surface area contributed by atoms with Gasteiger partial charge < -0.3 is 36.5 Å². The Balaban J connectivity index is 1.77. The fourth-order valence-electron chi connectivity index (χ4n) is 3.27. The van der Waals surface area contributed by atoms with E-state index in [0.717, 1.165) is 43.2 Å². The van der Waals surface area contributed by atoms with E-state index in [4.69, 9.17) is 20.9 Å². The molecule has 3 rings (SSSR count). The molecule has 0 spiro atoms. The number of benzene rings is 1.